The summed E-state index contributed by atoms with van der Waals surface area (Å²) in [7, 11) is 1.85. The molecule has 7 rings (SSSR count). The van der Waals surface area contributed by atoms with Crippen molar-refractivity contribution in [3.63, 3.8) is 0 Å². The lowest BCUT2D eigenvalue weighted by Crippen LogP contribution is -2.75. The molecule has 150 valence electrons. The van der Waals surface area contributed by atoms with Crippen molar-refractivity contribution in [1.82, 2.24) is 9.47 Å². The lowest BCUT2D eigenvalue weighted by molar-refractivity contribution is -0.170. The predicted octanol–water partition coefficient (Wildman–Crippen LogP) is 1.85. The Labute approximate surface area is 168 Å². The molecule has 1 saturated carbocycles. The molecule has 2 N–H and O–H groups in total. The standard InChI is InChI=1S/C23H24N2O4/c1-24-8-6-14-18(24)19(27)21-22-7-9-25(11-12-2-3-12)16(23(14,22)28)10-13-4-5-15(26)20(29-21)17(13)22/h4-6,8,12,16,21,26,28H,2-3,7,9-11H2,1H3/t16?,21-,22-,23+/m0/s1. The van der Waals surface area contributed by atoms with Crippen molar-refractivity contribution < 1.29 is 19.7 Å². The lowest BCUT2D eigenvalue weighted by atomic mass is 9.48. The van der Waals surface area contributed by atoms with E-state index in [1.165, 1.54) is 12.8 Å². The Morgan fingerprint density at radius 3 is 2.90 bits per heavy atom. The van der Waals surface area contributed by atoms with Gasteiger partial charge in [-0.05, 0) is 55.8 Å². The molecule has 1 aromatic carbocycles. The highest BCUT2D eigenvalue weighted by atomic mass is 16.5. The maximum absolute atomic E-state index is 13.6. The van der Waals surface area contributed by atoms with Crippen molar-refractivity contribution in [2.45, 2.75) is 48.8 Å². The van der Waals surface area contributed by atoms with Crippen LogP contribution in [0.1, 0.15) is 46.4 Å². The van der Waals surface area contributed by atoms with Crippen molar-refractivity contribution in [2.24, 2.45) is 13.0 Å². The number of carbonyl (C=O) groups excluding carboxylic acids is 1. The van der Waals surface area contributed by atoms with Gasteiger partial charge in [0.25, 0.3) is 0 Å². The first kappa shape index (κ1) is 16.5. The number of hydrogen-bond donors (Lipinski definition) is 2. The number of piperidine rings is 1. The van der Waals surface area contributed by atoms with E-state index in [9.17, 15) is 15.0 Å². The summed E-state index contributed by atoms with van der Waals surface area (Å²) in [6.07, 6.45) is 4.97. The number of ether oxygens (including phenoxy) is 1. The maximum atomic E-state index is 13.6. The van der Waals surface area contributed by atoms with E-state index in [-0.39, 0.29) is 17.6 Å². The van der Waals surface area contributed by atoms with Gasteiger partial charge in [-0.3, -0.25) is 9.69 Å². The summed E-state index contributed by atoms with van der Waals surface area (Å²) < 4.78 is 8.02. The quantitative estimate of drug-likeness (QED) is 0.816. The van der Waals surface area contributed by atoms with E-state index in [2.05, 4.69) is 4.90 Å². The van der Waals surface area contributed by atoms with E-state index < -0.39 is 17.1 Å². The molecule has 0 amide bonds. The Morgan fingerprint density at radius 1 is 1.28 bits per heavy atom. The van der Waals surface area contributed by atoms with Gasteiger partial charge in [-0.1, -0.05) is 6.07 Å². The van der Waals surface area contributed by atoms with Crippen LogP contribution in [0.3, 0.4) is 0 Å². The zero-order valence-electron chi connectivity index (χ0n) is 16.4. The van der Waals surface area contributed by atoms with Crippen LogP contribution in [-0.4, -0.2) is 50.7 Å². The van der Waals surface area contributed by atoms with Crippen LogP contribution in [0.15, 0.2) is 24.4 Å². The Hall–Kier alpha value is -2.31. The fourth-order valence-corrected chi connectivity index (χ4v) is 6.92. The van der Waals surface area contributed by atoms with Gasteiger partial charge < -0.3 is 19.5 Å². The minimum absolute atomic E-state index is 0.0607. The van der Waals surface area contributed by atoms with E-state index in [0.29, 0.717) is 24.3 Å². The normalized spacial score (nSPS) is 36.6. The Kier molecular flexibility index (Phi) is 2.77. The number of benzene rings is 1. The second-order valence-corrected chi connectivity index (χ2v) is 9.64. The highest BCUT2D eigenvalue weighted by molar-refractivity contribution is 6.04. The van der Waals surface area contributed by atoms with Crippen LogP contribution in [0.25, 0.3) is 0 Å². The zero-order valence-corrected chi connectivity index (χ0v) is 16.4. The molecule has 1 saturated heterocycles. The molecule has 4 atom stereocenters. The highest BCUT2D eigenvalue weighted by Gasteiger charge is 2.75. The fraction of sp³-hybridized carbons (Fsp3) is 0.522. The van der Waals surface area contributed by atoms with Crippen molar-refractivity contribution in [1.29, 1.82) is 0 Å². The molecule has 29 heavy (non-hydrogen) atoms. The number of fused-ring (bicyclic) bond motifs is 1. The number of carbonyl (C=O) groups is 1. The minimum atomic E-state index is -1.21. The maximum Gasteiger partial charge on any atom is 0.221 e. The molecular weight excluding hydrogens is 368 g/mol. The number of phenols is 1. The second kappa shape index (κ2) is 4.87. The van der Waals surface area contributed by atoms with Gasteiger partial charge in [-0.2, -0.15) is 0 Å². The van der Waals surface area contributed by atoms with Gasteiger partial charge >= 0.3 is 0 Å². The number of hydrogen-bond acceptors (Lipinski definition) is 5. The number of aromatic hydroxyl groups is 1. The van der Waals surface area contributed by atoms with Crippen molar-refractivity contribution in [2.75, 3.05) is 13.1 Å². The first-order valence-electron chi connectivity index (χ1n) is 10.6. The van der Waals surface area contributed by atoms with E-state index in [0.717, 1.165) is 35.7 Å². The third kappa shape index (κ3) is 1.64. The van der Waals surface area contributed by atoms with E-state index in [4.69, 9.17) is 4.74 Å². The number of aliphatic hydroxyl groups is 1. The molecule has 3 heterocycles. The molecule has 6 nitrogen and oxygen atoms in total. The Morgan fingerprint density at radius 2 is 2.10 bits per heavy atom. The fourth-order valence-electron chi connectivity index (χ4n) is 6.92. The van der Waals surface area contributed by atoms with Crippen molar-refractivity contribution in [3.05, 3.63) is 46.8 Å². The number of aryl methyl sites for hydroxylation is 1. The second-order valence-electron chi connectivity index (χ2n) is 9.64. The van der Waals surface area contributed by atoms with Crippen LogP contribution < -0.4 is 4.74 Å². The first-order chi connectivity index (χ1) is 14.0. The van der Waals surface area contributed by atoms with E-state index >= 15 is 0 Å². The van der Waals surface area contributed by atoms with Crippen LogP contribution in [0.5, 0.6) is 11.5 Å². The number of rotatable bonds is 2. The van der Waals surface area contributed by atoms with Crippen LogP contribution in [0.2, 0.25) is 0 Å². The molecule has 3 aliphatic carbocycles. The smallest absolute Gasteiger partial charge is 0.221 e. The van der Waals surface area contributed by atoms with Gasteiger partial charge in [0.2, 0.25) is 5.78 Å². The van der Waals surface area contributed by atoms with E-state index in [1.54, 1.807) is 6.07 Å². The van der Waals surface area contributed by atoms with Crippen LogP contribution in [0.4, 0.5) is 0 Å². The third-order valence-electron chi connectivity index (χ3n) is 8.31. The largest absolute Gasteiger partial charge is 0.504 e. The van der Waals surface area contributed by atoms with Gasteiger partial charge in [0.1, 0.15) is 5.60 Å². The first-order valence-corrected chi connectivity index (χ1v) is 10.6. The van der Waals surface area contributed by atoms with E-state index in [1.807, 2.05) is 29.9 Å². The number of aromatic nitrogens is 1. The summed E-state index contributed by atoms with van der Waals surface area (Å²) in [6, 6.07) is 5.45. The molecule has 5 aliphatic rings. The third-order valence-corrected chi connectivity index (χ3v) is 8.31. The molecule has 2 bridgehead atoms. The molecule has 1 unspecified atom stereocenters. The average molecular weight is 392 g/mol. The van der Waals surface area contributed by atoms with Gasteiger partial charge in [-0.15, -0.1) is 0 Å². The van der Waals surface area contributed by atoms with Gasteiger partial charge in [0.05, 0.1) is 11.1 Å². The molecule has 1 aromatic heterocycles. The number of ketones is 1. The number of Topliss-reactive ketones (excluding diaryl/α,β-unsaturated/α-hetero) is 1. The van der Waals surface area contributed by atoms with Gasteiger partial charge in [0, 0.05) is 37.0 Å². The van der Waals surface area contributed by atoms with Crippen molar-refractivity contribution >= 4 is 5.78 Å². The zero-order chi connectivity index (χ0) is 19.7. The molecule has 1 spiro atoms. The molecule has 0 radical (unpaired) electrons. The summed E-state index contributed by atoms with van der Waals surface area (Å²) in [5, 5.41) is 23.2. The topological polar surface area (TPSA) is 74.9 Å². The minimum Gasteiger partial charge on any atom is -0.504 e. The van der Waals surface area contributed by atoms with Gasteiger partial charge in [-0.25, -0.2) is 0 Å². The van der Waals surface area contributed by atoms with Crippen molar-refractivity contribution in [3.8, 4) is 11.5 Å². The number of phenolic OH excluding ortho intramolecular Hbond substituents is 1. The summed E-state index contributed by atoms with van der Waals surface area (Å²) in [5.74, 6) is 1.10. The Bertz CT molecular complexity index is 1100. The predicted molar refractivity (Wildman–Crippen MR) is 104 cm³/mol. The summed E-state index contributed by atoms with van der Waals surface area (Å²) in [4.78, 5) is 16.1. The molecule has 6 heteroatoms. The van der Waals surface area contributed by atoms with Crippen LogP contribution in [-0.2, 0) is 24.5 Å². The molecular formula is C23H24N2O4. The summed E-state index contributed by atoms with van der Waals surface area (Å²) in [6.45, 7) is 1.85. The van der Waals surface area contributed by atoms with Crippen LogP contribution in [0, 0.1) is 5.92 Å². The highest BCUT2D eigenvalue weighted by Crippen LogP contribution is 2.67. The number of likely N-dealkylation sites (tertiary alicyclic amines) is 1. The monoisotopic (exact) mass is 392 g/mol. The number of nitrogens with zero attached hydrogens (tertiary/aromatic N) is 2. The summed E-state index contributed by atoms with van der Waals surface area (Å²) in [5.41, 5.74) is 1.21. The average Bonchev–Trinajstić information content (AvgIpc) is 3.30. The summed E-state index contributed by atoms with van der Waals surface area (Å²) >= 11 is 0. The van der Waals surface area contributed by atoms with Crippen LogP contribution >= 0.6 is 0 Å². The molecule has 2 aliphatic heterocycles. The van der Waals surface area contributed by atoms with Gasteiger partial charge in [0.15, 0.2) is 17.6 Å². The SMILES string of the molecule is Cn1ccc2c1C(=O)[C@@H]1Oc3c(O)ccc4c3[C@@]13CCN(CC1CC1)C(C4)[C@]23O. The Balaban J connectivity index is 1.55. The lowest BCUT2D eigenvalue weighted by Gasteiger charge is -2.62. The molecule has 2 fully saturated rings. The molecule has 2 aromatic rings.